The molecule has 1 aromatic heterocycles. The first-order chi connectivity index (χ1) is 12.9. The average molecular weight is 371 g/mol. The summed E-state index contributed by atoms with van der Waals surface area (Å²) in [5, 5.41) is 0. The Morgan fingerprint density at radius 1 is 0.926 bits per heavy atom. The van der Waals surface area contributed by atoms with Crippen molar-refractivity contribution in [2.24, 2.45) is 7.05 Å². The van der Waals surface area contributed by atoms with E-state index in [1.807, 2.05) is 37.0 Å². The number of benzene rings is 1. The van der Waals surface area contributed by atoms with Gasteiger partial charge in [-0.05, 0) is 30.7 Å². The summed E-state index contributed by atoms with van der Waals surface area (Å²) in [6.07, 6.45) is 3.66. The highest BCUT2D eigenvalue weighted by atomic mass is 16.5. The number of nitrogens with zero attached hydrogens (tertiary/aromatic N) is 3. The molecule has 1 saturated heterocycles. The van der Waals surface area contributed by atoms with Crippen LogP contribution in [0.2, 0.25) is 0 Å². The molecule has 1 aliphatic rings. The van der Waals surface area contributed by atoms with Crippen molar-refractivity contribution in [3.63, 3.8) is 0 Å². The third-order valence-electron chi connectivity index (χ3n) is 4.88. The van der Waals surface area contributed by atoms with Crippen LogP contribution in [-0.2, 0) is 7.05 Å². The van der Waals surface area contributed by atoms with E-state index < -0.39 is 0 Å². The van der Waals surface area contributed by atoms with E-state index in [9.17, 15) is 9.59 Å². The Bertz CT molecular complexity index is 851. The molecule has 0 saturated carbocycles. The highest BCUT2D eigenvalue weighted by Crippen LogP contribution is 2.29. The number of carbonyl (C=O) groups is 2. The van der Waals surface area contributed by atoms with Crippen LogP contribution < -0.4 is 9.47 Å². The van der Waals surface area contributed by atoms with E-state index in [4.69, 9.17) is 9.47 Å². The molecule has 0 spiro atoms. The fourth-order valence-electron chi connectivity index (χ4n) is 3.31. The van der Waals surface area contributed by atoms with Gasteiger partial charge in [0.1, 0.15) is 11.5 Å². The molecule has 0 bridgehead atoms. The Morgan fingerprint density at radius 3 is 2.04 bits per heavy atom. The number of aryl methyl sites for hydroxylation is 2. The molecule has 144 valence electrons. The van der Waals surface area contributed by atoms with E-state index in [0.29, 0.717) is 48.8 Å². The lowest BCUT2D eigenvalue weighted by molar-refractivity contribution is 0.0533. The summed E-state index contributed by atoms with van der Waals surface area (Å²) in [4.78, 5) is 29.1. The molecule has 7 heteroatoms. The zero-order valence-electron chi connectivity index (χ0n) is 16.2. The predicted molar refractivity (Wildman–Crippen MR) is 102 cm³/mol. The lowest BCUT2D eigenvalue weighted by atomic mass is 10.1. The predicted octanol–water partition coefficient (Wildman–Crippen LogP) is 1.95. The van der Waals surface area contributed by atoms with Crippen molar-refractivity contribution in [3.05, 3.63) is 47.3 Å². The van der Waals surface area contributed by atoms with Crippen molar-refractivity contribution < 1.29 is 19.1 Å². The van der Waals surface area contributed by atoms with E-state index in [-0.39, 0.29) is 11.8 Å². The normalized spacial score (nSPS) is 14.2. The van der Waals surface area contributed by atoms with E-state index >= 15 is 0 Å². The van der Waals surface area contributed by atoms with E-state index in [2.05, 4.69) is 0 Å². The summed E-state index contributed by atoms with van der Waals surface area (Å²) in [7, 11) is 5.02. The van der Waals surface area contributed by atoms with Gasteiger partial charge in [-0.3, -0.25) is 9.59 Å². The van der Waals surface area contributed by atoms with Gasteiger partial charge >= 0.3 is 0 Å². The summed E-state index contributed by atoms with van der Waals surface area (Å²) in [6, 6.07) is 5.34. The number of ether oxygens (including phenoxy) is 2. The van der Waals surface area contributed by atoms with Crippen LogP contribution in [0.5, 0.6) is 11.5 Å². The smallest absolute Gasteiger partial charge is 0.257 e. The monoisotopic (exact) mass is 371 g/mol. The largest absolute Gasteiger partial charge is 0.496 e. The number of methoxy groups -OCH3 is 2. The van der Waals surface area contributed by atoms with Crippen molar-refractivity contribution >= 4 is 11.8 Å². The Balaban J connectivity index is 1.71. The Labute approximate surface area is 159 Å². The third-order valence-corrected chi connectivity index (χ3v) is 4.88. The van der Waals surface area contributed by atoms with Gasteiger partial charge in [0, 0.05) is 45.6 Å². The van der Waals surface area contributed by atoms with Crippen LogP contribution in [0, 0.1) is 6.92 Å². The van der Waals surface area contributed by atoms with Crippen molar-refractivity contribution in [3.8, 4) is 11.5 Å². The van der Waals surface area contributed by atoms with Crippen molar-refractivity contribution in [2.45, 2.75) is 6.92 Å². The minimum absolute atomic E-state index is 0.00251. The SMILES string of the molecule is COc1cc(C(=O)N2CCN(C(=O)c3ccn(C)c3)CC2)c(OC)cc1C. The van der Waals surface area contributed by atoms with E-state index in [1.54, 1.807) is 36.2 Å². The summed E-state index contributed by atoms with van der Waals surface area (Å²) in [5.74, 6) is 1.06. The number of hydrogen-bond donors (Lipinski definition) is 0. The zero-order valence-corrected chi connectivity index (χ0v) is 16.2. The second-order valence-corrected chi connectivity index (χ2v) is 6.67. The van der Waals surface area contributed by atoms with Crippen LogP contribution in [0.25, 0.3) is 0 Å². The van der Waals surface area contributed by atoms with Crippen LogP contribution in [0.1, 0.15) is 26.3 Å². The van der Waals surface area contributed by atoms with Gasteiger partial charge in [-0.25, -0.2) is 0 Å². The molecule has 1 fully saturated rings. The maximum atomic E-state index is 13.0. The highest BCUT2D eigenvalue weighted by molar-refractivity contribution is 5.98. The fraction of sp³-hybridized carbons (Fsp3) is 0.400. The molecular weight excluding hydrogens is 346 g/mol. The van der Waals surface area contributed by atoms with Crippen LogP contribution in [0.3, 0.4) is 0 Å². The van der Waals surface area contributed by atoms with Gasteiger partial charge in [0.15, 0.2) is 0 Å². The molecule has 0 N–H and O–H groups in total. The number of amides is 2. The minimum atomic E-state index is -0.114. The van der Waals surface area contributed by atoms with E-state index in [0.717, 1.165) is 5.56 Å². The van der Waals surface area contributed by atoms with Crippen molar-refractivity contribution in [1.29, 1.82) is 0 Å². The number of hydrogen-bond acceptors (Lipinski definition) is 4. The number of piperazine rings is 1. The molecule has 0 unspecified atom stereocenters. The Hall–Kier alpha value is -2.96. The van der Waals surface area contributed by atoms with E-state index in [1.165, 1.54) is 0 Å². The number of aromatic nitrogens is 1. The first-order valence-corrected chi connectivity index (χ1v) is 8.87. The Kier molecular flexibility index (Phi) is 5.39. The lowest BCUT2D eigenvalue weighted by Gasteiger charge is -2.35. The highest BCUT2D eigenvalue weighted by Gasteiger charge is 2.27. The molecule has 2 amide bonds. The lowest BCUT2D eigenvalue weighted by Crippen LogP contribution is -2.50. The topological polar surface area (TPSA) is 64.0 Å². The number of carbonyl (C=O) groups excluding carboxylic acids is 2. The van der Waals surface area contributed by atoms with Gasteiger partial charge in [0.2, 0.25) is 0 Å². The Morgan fingerprint density at radius 2 is 1.52 bits per heavy atom. The molecule has 2 aromatic rings. The van der Waals surface area contributed by atoms with Crippen LogP contribution in [0.4, 0.5) is 0 Å². The van der Waals surface area contributed by atoms with Crippen LogP contribution in [-0.4, -0.2) is 66.6 Å². The molecule has 2 heterocycles. The minimum Gasteiger partial charge on any atom is -0.496 e. The van der Waals surface area contributed by atoms with Gasteiger partial charge in [0.05, 0.1) is 25.3 Å². The van der Waals surface area contributed by atoms with Gasteiger partial charge in [-0.1, -0.05) is 0 Å². The molecule has 7 nitrogen and oxygen atoms in total. The van der Waals surface area contributed by atoms with Crippen molar-refractivity contribution in [1.82, 2.24) is 14.4 Å². The number of rotatable bonds is 4. The third kappa shape index (κ3) is 3.77. The first kappa shape index (κ1) is 18.8. The van der Waals surface area contributed by atoms with Gasteiger partial charge in [-0.15, -0.1) is 0 Å². The maximum absolute atomic E-state index is 13.0. The molecule has 3 rings (SSSR count). The summed E-state index contributed by atoms with van der Waals surface area (Å²) in [5.41, 5.74) is 2.05. The second-order valence-electron chi connectivity index (χ2n) is 6.67. The van der Waals surface area contributed by atoms with Gasteiger partial charge in [-0.2, -0.15) is 0 Å². The summed E-state index contributed by atoms with van der Waals surface area (Å²) >= 11 is 0. The van der Waals surface area contributed by atoms with Crippen LogP contribution in [0.15, 0.2) is 30.6 Å². The van der Waals surface area contributed by atoms with Gasteiger partial charge < -0.3 is 23.8 Å². The van der Waals surface area contributed by atoms with Crippen molar-refractivity contribution in [2.75, 3.05) is 40.4 Å². The molecule has 0 atom stereocenters. The fourth-order valence-corrected chi connectivity index (χ4v) is 3.31. The first-order valence-electron chi connectivity index (χ1n) is 8.87. The molecule has 1 aliphatic heterocycles. The molecule has 0 radical (unpaired) electrons. The quantitative estimate of drug-likeness (QED) is 0.824. The summed E-state index contributed by atoms with van der Waals surface area (Å²) < 4.78 is 12.6. The van der Waals surface area contributed by atoms with Gasteiger partial charge in [0.25, 0.3) is 11.8 Å². The summed E-state index contributed by atoms with van der Waals surface area (Å²) in [6.45, 7) is 3.88. The second kappa shape index (κ2) is 7.73. The average Bonchev–Trinajstić information content (AvgIpc) is 3.13. The molecular formula is C20H25N3O4. The molecule has 1 aromatic carbocycles. The zero-order chi connectivity index (χ0) is 19.6. The standard InChI is InChI=1S/C20H25N3O4/c1-14-11-18(27-4)16(12-17(14)26-3)20(25)23-9-7-22(8-10-23)19(24)15-5-6-21(2)13-15/h5-6,11-13H,7-10H2,1-4H3. The molecule has 27 heavy (non-hydrogen) atoms. The maximum Gasteiger partial charge on any atom is 0.257 e. The van der Waals surface area contributed by atoms with Crippen LogP contribution >= 0.6 is 0 Å². The molecule has 0 aliphatic carbocycles.